The lowest BCUT2D eigenvalue weighted by molar-refractivity contribution is -0.123. The maximum absolute atomic E-state index is 11.5. The summed E-state index contributed by atoms with van der Waals surface area (Å²) in [5.41, 5.74) is 5.27. The van der Waals surface area contributed by atoms with Crippen LogP contribution in [0.1, 0.15) is 13.8 Å². The lowest BCUT2D eigenvalue weighted by atomic mass is 10.0. The van der Waals surface area contributed by atoms with Crippen molar-refractivity contribution in [3.05, 3.63) is 24.3 Å². The number of benzene rings is 1. The molecule has 1 atom stereocenters. The number of amides is 1. The number of rotatable bonds is 7. The minimum absolute atomic E-state index is 0.227. The van der Waals surface area contributed by atoms with Gasteiger partial charge in [-0.3, -0.25) is 4.79 Å². The van der Waals surface area contributed by atoms with E-state index in [1.54, 1.807) is 14.0 Å². The van der Waals surface area contributed by atoms with Gasteiger partial charge in [0.1, 0.15) is 11.3 Å². The number of carbonyl (C=O) groups is 1. The Balaban J connectivity index is 2.79. The topological polar surface area (TPSA) is 73.6 Å². The van der Waals surface area contributed by atoms with E-state index in [2.05, 4.69) is 5.32 Å². The monoisotopic (exact) mass is 252 g/mol. The van der Waals surface area contributed by atoms with Crippen molar-refractivity contribution in [3.63, 3.8) is 0 Å². The molecular weight excluding hydrogens is 232 g/mol. The fraction of sp³-hybridized carbons (Fsp3) is 0.462. The Morgan fingerprint density at radius 3 is 2.44 bits per heavy atom. The molecule has 1 aromatic carbocycles. The molecule has 0 bridgehead atoms. The Kier molecular flexibility index (Phi) is 4.97. The molecule has 100 valence electrons. The van der Waals surface area contributed by atoms with Crippen LogP contribution < -0.4 is 15.8 Å². The first-order valence-electron chi connectivity index (χ1n) is 5.81. The zero-order valence-corrected chi connectivity index (χ0v) is 11.0. The number of primary amides is 1. The Labute approximate surface area is 107 Å². The number of anilines is 1. The molecule has 5 nitrogen and oxygen atoms in total. The number of hydrogen-bond donors (Lipinski definition) is 2. The number of carbonyl (C=O) groups excluding carboxylic acids is 1. The standard InChI is InChI=1S/C13H20N2O3/c1-4-18-9-13(2,12(14)16)15-10-5-7-11(17-3)8-6-10/h5-8,15H,4,9H2,1-3H3,(H2,14,16). The van der Waals surface area contributed by atoms with Gasteiger partial charge in [-0.15, -0.1) is 0 Å². The molecule has 0 aliphatic rings. The second kappa shape index (κ2) is 6.26. The van der Waals surface area contributed by atoms with Crippen LogP contribution in [0, 0.1) is 0 Å². The van der Waals surface area contributed by atoms with Gasteiger partial charge in [0.25, 0.3) is 0 Å². The Morgan fingerprint density at radius 1 is 1.39 bits per heavy atom. The van der Waals surface area contributed by atoms with Gasteiger partial charge < -0.3 is 20.5 Å². The summed E-state index contributed by atoms with van der Waals surface area (Å²) >= 11 is 0. The van der Waals surface area contributed by atoms with Gasteiger partial charge in [0.2, 0.25) is 5.91 Å². The van der Waals surface area contributed by atoms with E-state index in [0.717, 1.165) is 11.4 Å². The molecule has 5 heteroatoms. The van der Waals surface area contributed by atoms with Gasteiger partial charge in [-0.05, 0) is 38.1 Å². The molecule has 0 heterocycles. The van der Waals surface area contributed by atoms with Crippen LogP contribution in [-0.2, 0) is 9.53 Å². The van der Waals surface area contributed by atoms with Gasteiger partial charge in [0, 0.05) is 12.3 Å². The SMILES string of the molecule is CCOCC(C)(Nc1ccc(OC)cc1)C(N)=O. The van der Waals surface area contributed by atoms with E-state index in [1.165, 1.54) is 0 Å². The average molecular weight is 252 g/mol. The van der Waals surface area contributed by atoms with E-state index in [9.17, 15) is 4.79 Å². The van der Waals surface area contributed by atoms with Crippen molar-refractivity contribution in [1.29, 1.82) is 0 Å². The molecule has 0 aliphatic carbocycles. The summed E-state index contributed by atoms with van der Waals surface area (Å²) in [5.74, 6) is 0.304. The largest absolute Gasteiger partial charge is 0.497 e. The third kappa shape index (κ3) is 3.63. The smallest absolute Gasteiger partial charge is 0.245 e. The first-order chi connectivity index (χ1) is 8.51. The van der Waals surface area contributed by atoms with E-state index in [4.69, 9.17) is 15.2 Å². The van der Waals surface area contributed by atoms with Crippen molar-refractivity contribution in [2.24, 2.45) is 5.73 Å². The molecule has 1 rings (SSSR count). The van der Waals surface area contributed by atoms with Gasteiger partial charge in [-0.2, -0.15) is 0 Å². The lowest BCUT2D eigenvalue weighted by Gasteiger charge is -2.28. The van der Waals surface area contributed by atoms with Gasteiger partial charge in [0.15, 0.2) is 0 Å². The summed E-state index contributed by atoms with van der Waals surface area (Å²) in [6.07, 6.45) is 0. The number of nitrogens with one attached hydrogen (secondary N) is 1. The molecule has 0 aromatic heterocycles. The number of hydrogen-bond acceptors (Lipinski definition) is 4. The van der Waals surface area contributed by atoms with E-state index in [0.29, 0.717) is 6.61 Å². The minimum atomic E-state index is -0.926. The fourth-order valence-corrected chi connectivity index (χ4v) is 1.47. The highest BCUT2D eigenvalue weighted by atomic mass is 16.5. The number of ether oxygens (including phenoxy) is 2. The van der Waals surface area contributed by atoms with Crippen LogP contribution in [-0.4, -0.2) is 31.8 Å². The van der Waals surface area contributed by atoms with Crippen molar-refractivity contribution in [1.82, 2.24) is 0 Å². The quantitative estimate of drug-likeness (QED) is 0.769. The van der Waals surface area contributed by atoms with Crippen molar-refractivity contribution < 1.29 is 14.3 Å². The highest BCUT2D eigenvalue weighted by molar-refractivity contribution is 5.87. The van der Waals surface area contributed by atoms with Gasteiger partial charge in [-0.25, -0.2) is 0 Å². The maximum atomic E-state index is 11.5. The molecule has 1 unspecified atom stereocenters. The first kappa shape index (κ1) is 14.3. The van der Waals surface area contributed by atoms with Crippen LogP contribution in [0.3, 0.4) is 0 Å². The minimum Gasteiger partial charge on any atom is -0.497 e. The summed E-state index contributed by atoms with van der Waals surface area (Å²) in [6.45, 7) is 4.35. The van der Waals surface area contributed by atoms with Crippen LogP contribution in [0.5, 0.6) is 5.75 Å². The van der Waals surface area contributed by atoms with E-state index in [-0.39, 0.29) is 6.61 Å². The van der Waals surface area contributed by atoms with Crippen molar-refractivity contribution in [3.8, 4) is 5.75 Å². The second-order valence-electron chi connectivity index (χ2n) is 4.19. The average Bonchev–Trinajstić information content (AvgIpc) is 2.37. The molecule has 0 spiro atoms. The molecule has 0 aliphatic heterocycles. The zero-order valence-electron chi connectivity index (χ0n) is 11.0. The van der Waals surface area contributed by atoms with Crippen LogP contribution in [0.2, 0.25) is 0 Å². The molecule has 3 N–H and O–H groups in total. The zero-order chi connectivity index (χ0) is 13.6. The predicted octanol–water partition coefficient (Wildman–Crippen LogP) is 1.39. The van der Waals surface area contributed by atoms with Crippen LogP contribution in [0.25, 0.3) is 0 Å². The normalized spacial score (nSPS) is 13.7. The Hall–Kier alpha value is -1.75. The molecule has 18 heavy (non-hydrogen) atoms. The number of methoxy groups -OCH3 is 1. The van der Waals surface area contributed by atoms with Gasteiger partial charge >= 0.3 is 0 Å². The summed E-state index contributed by atoms with van der Waals surface area (Å²) < 4.78 is 10.4. The molecular formula is C13H20N2O3. The van der Waals surface area contributed by atoms with E-state index in [1.807, 2.05) is 31.2 Å². The van der Waals surface area contributed by atoms with Crippen molar-refractivity contribution in [2.75, 3.05) is 25.6 Å². The molecule has 1 aromatic rings. The highest BCUT2D eigenvalue weighted by Gasteiger charge is 2.31. The maximum Gasteiger partial charge on any atom is 0.245 e. The van der Waals surface area contributed by atoms with Crippen LogP contribution in [0.4, 0.5) is 5.69 Å². The predicted molar refractivity (Wildman–Crippen MR) is 70.7 cm³/mol. The Bertz CT molecular complexity index is 392. The molecule has 0 fully saturated rings. The van der Waals surface area contributed by atoms with Crippen LogP contribution in [0.15, 0.2) is 24.3 Å². The van der Waals surface area contributed by atoms with Crippen LogP contribution >= 0.6 is 0 Å². The van der Waals surface area contributed by atoms with Crippen molar-refractivity contribution >= 4 is 11.6 Å². The summed E-state index contributed by atoms with van der Waals surface area (Å²) in [6, 6.07) is 7.27. The van der Waals surface area contributed by atoms with Crippen molar-refractivity contribution in [2.45, 2.75) is 19.4 Å². The third-order valence-electron chi connectivity index (χ3n) is 2.65. The summed E-state index contributed by atoms with van der Waals surface area (Å²) in [4.78, 5) is 11.5. The third-order valence-corrected chi connectivity index (χ3v) is 2.65. The first-order valence-corrected chi connectivity index (χ1v) is 5.81. The second-order valence-corrected chi connectivity index (χ2v) is 4.19. The highest BCUT2D eigenvalue weighted by Crippen LogP contribution is 2.19. The Morgan fingerprint density at radius 2 is 2.00 bits per heavy atom. The lowest BCUT2D eigenvalue weighted by Crippen LogP contribution is -2.51. The fourth-order valence-electron chi connectivity index (χ4n) is 1.47. The summed E-state index contributed by atoms with van der Waals surface area (Å²) in [5, 5.41) is 3.09. The molecule has 0 saturated heterocycles. The van der Waals surface area contributed by atoms with Gasteiger partial charge in [0.05, 0.1) is 13.7 Å². The van der Waals surface area contributed by atoms with E-state index >= 15 is 0 Å². The van der Waals surface area contributed by atoms with Gasteiger partial charge in [-0.1, -0.05) is 0 Å². The summed E-state index contributed by atoms with van der Waals surface area (Å²) in [7, 11) is 1.60. The molecule has 1 amide bonds. The van der Waals surface area contributed by atoms with E-state index < -0.39 is 11.4 Å². The molecule has 0 radical (unpaired) electrons. The molecule has 0 saturated carbocycles. The number of nitrogens with two attached hydrogens (primary N) is 1.